The summed E-state index contributed by atoms with van der Waals surface area (Å²) in [5, 5.41) is 4.74. The molecule has 0 heterocycles. The maximum absolute atomic E-state index is 12.5. The molecule has 8 nitrogen and oxygen atoms in total. The Morgan fingerprint density at radius 3 is 2.44 bits per heavy atom. The molecule has 0 aromatic heterocycles. The van der Waals surface area contributed by atoms with E-state index in [1.807, 2.05) is 42.5 Å². The highest BCUT2D eigenvalue weighted by Crippen LogP contribution is 2.33. The molecule has 170 valence electrons. The largest absolute Gasteiger partial charge is 0.497 e. The molecule has 0 atom stereocenters. The van der Waals surface area contributed by atoms with Crippen LogP contribution >= 0.6 is 0 Å². The van der Waals surface area contributed by atoms with Crippen molar-refractivity contribution in [2.24, 2.45) is 0 Å². The van der Waals surface area contributed by atoms with E-state index in [-0.39, 0.29) is 18.8 Å². The molecule has 0 unspecified atom stereocenters. The van der Waals surface area contributed by atoms with Crippen LogP contribution in [-0.4, -0.2) is 54.5 Å². The number of anilines is 1. The van der Waals surface area contributed by atoms with Gasteiger partial charge in [-0.2, -0.15) is 0 Å². The molecule has 1 N–H and O–H groups in total. The third-order valence-electron chi connectivity index (χ3n) is 4.77. The summed E-state index contributed by atoms with van der Waals surface area (Å²) in [6.07, 6.45) is 1.03. The second-order valence-electron chi connectivity index (χ2n) is 6.98. The molecule has 0 bridgehead atoms. The van der Waals surface area contributed by atoms with E-state index < -0.39 is 22.5 Å². The Bertz CT molecular complexity index is 1190. The van der Waals surface area contributed by atoms with E-state index in [9.17, 15) is 13.2 Å². The Hall–Kier alpha value is -3.46. The highest BCUT2D eigenvalue weighted by atomic mass is 32.2. The van der Waals surface area contributed by atoms with Gasteiger partial charge >= 0.3 is 0 Å². The van der Waals surface area contributed by atoms with Crippen LogP contribution < -0.4 is 23.8 Å². The van der Waals surface area contributed by atoms with E-state index in [1.165, 1.54) is 20.3 Å². The summed E-state index contributed by atoms with van der Waals surface area (Å²) in [5.41, 5.74) is 0.219. The Kier molecular flexibility index (Phi) is 7.42. The third kappa shape index (κ3) is 5.61. The van der Waals surface area contributed by atoms with Crippen molar-refractivity contribution in [3.63, 3.8) is 0 Å². The van der Waals surface area contributed by atoms with Crippen LogP contribution in [0.25, 0.3) is 10.8 Å². The van der Waals surface area contributed by atoms with Crippen molar-refractivity contribution in [2.75, 3.05) is 44.5 Å². The van der Waals surface area contributed by atoms with E-state index in [0.29, 0.717) is 11.5 Å². The van der Waals surface area contributed by atoms with Gasteiger partial charge in [0.1, 0.15) is 30.4 Å². The van der Waals surface area contributed by atoms with Crippen LogP contribution in [0.1, 0.15) is 0 Å². The summed E-state index contributed by atoms with van der Waals surface area (Å²) in [6, 6.07) is 18.4. The Morgan fingerprint density at radius 2 is 1.72 bits per heavy atom. The zero-order chi connectivity index (χ0) is 23.1. The van der Waals surface area contributed by atoms with Crippen molar-refractivity contribution in [1.29, 1.82) is 0 Å². The molecule has 0 radical (unpaired) electrons. The fraction of sp³-hybridized carbons (Fsp3) is 0.261. The molecule has 0 saturated heterocycles. The number of carbonyl (C=O) groups is 1. The van der Waals surface area contributed by atoms with Crippen LogP contribution in [0.4, 0.5) is 5.69 Å². The highest BCUT2D eigenvalue weighted by molar-refractivity contribution is 7.92. The molecule has 3 aromatic carbocycles. The van der Waals surface area contributed by atoms with Crippen molar-refractivity contribution >= 4 is 32.4 Å². The fourth-order valence-corrected chi connectivity index (χ4v) is 4.08. The minimum atomic E-state index is -3.76. The smallest absolute Gasteiger partial charge is 0.240 e. The van der Waals surface area contributed by atoms with Gasteiger partial charge in [-0.05, 0) is 23.6 Å². The van der Waals surface area contributed by atoms with Gasteiger partial charge < -0.3 is 19.5 Å². The average molecular weight is 459 g/mol. The number of hydrogen-bond acceptors (Lipinski definition) is 6. The number of fused-ring (bicyclic) bond motifs is 1. The maximum atomic E-state index is 12.5. The first-order valence-electron chi connectivity index (χ1n) is 9.90. The summed E-state index contributed by atoms with van der Waals surface area (Å²) in [7, 11) is -0.865. The monoisotopic (exact) mass is 458 g/mol. The average Bonchev–Trinajstić information content (AvgIpc) is 2.79. The van der Waals surface area contributed by atoms with Crippen molar-refractivity contribution in [3.05, 3.63) is 60.7 Å². The number of amides is 1. The lowest BCUT2D eigenvalue weighted by atomic mass is 10.1. The number of carbonyl (C=O) groups excluding carboxylic acids is 1. The minimum Gasteiger partial charge on any atom is -0.497 e. The van der Waals surface area contributed by atoms with Crippen LogP contribution in [0.3, 0.4) is 0 Å². The van der Waals surface area contributed by atoms with Gasteiger partial charge in [-0.1, -0.05) is 36.4 Å². The van der Waals surface area contributed by atoms with Crippen LogP contribution in [0.2, 0.25) is 0 Å². The fourth-order valence-electron chi connectivity index (χ4n) is 3.23. The predicted molar refractivity (Wildman–Crippen MR) is 124 cm³/mol. The predicted octanol–water partition coefficient (Wildman–Crippen LogP) is 2.82. The molecular weight excluding hydrogens is 432 g/mol. The van der Waals surface area contributed by atoms with E-state index in [1.54, 1.807) is 12.1 Å². The van der Waals surface area contributed by atoms with E-state index in [4.69, 9.17) is 14.2 Å². The molecule has 0 saturated carbocycles. The normalized spacial score (nSPS) is 11.1. The van der Waals surface area contributed by atoms with Crippen molar-refractivity contribution in [1.82, 2.24) is 5.32 Å². The Labute approximate surface area is 187 Å². The van der Waals surface area contributed by atoms with Gasteiger partial charge in [-0.25, -0.2) is 8.42 Å². The second kappa shape index (κ2) is 10.2. The minimum absolute atomic E-state index is 0.217. The molecule has 9 heteroatoms. The zero-order valence-corrected chi connectivity index (χ0v) is 19.0. The lowest BCUT2D eigenvalue weighted by Gasteiger charge is -2.24. The van der Waals surface area contributed by atoms with Gasteiger partial charge in [-0.3, -0.25) is 9.10 Å². The SMILES string of the molecule is COc1ccc(OC)c(N(CC(=O)NCCOc2cccc3ccccc23)S(C)(=O)=O)c1. The number of nitrogens with one attached hydrogen (secondary N) is 1. The molecule has 0 aliphatic rings. The summed E-state index contributed by atoms with van der Waals surface area (Å²) in [6.45, 7) is 0.0482. The quantitative estimate of drug-likeness (QED) is 0.470. The Morgan fingerprint density at radius 1 is 0.969 bits per heavy atom. The molecule has 0 fully saturated rings. The number of sulfonamides is 1. The van der Waals surface area contributed by atoms with Crippen molar-refractivity contribution < 1.29 is 27.4 Å². The molecule has 3 rings (SSSR count). The lowest BCUT2D eigenvalue weighted by Crippen LogP contribution is -2.41. The number of ether oxygens (including phenoxy) is 3. The summed E-state index contributed by atoms with van der Waals surface area (Å²) in [4.78, 5) is 12.5. The molecule has 1 amide bonds. The van der Waals surface area contributed by atoms with Gasteiger partial charge in [0, 0.05) is 11.5 Å². The standard InChI is InChI=1S/C23H26N2O6S/c1-29-18-11-12-22(30-2)20(15-18)25(32(3,27)28)16-23(26)24-13-14-31-21-10-6-8-17-7-4-5-9-19(17)21/h4-12,15H,13-14,16H2,1-3H3,(H,24,26). The van der Waals surface area contributed by atoms with Crippen LogP contribution in [0.15, 0.2) is 60.7 Å². The van der Waals surface area contributed by atoms with Crippen molar-refractivity contribution in [3.8, 4) is 17.2 Å². The zero-order valence-electron chi connectivity index (χ0n) is 18.2. The van der Waals surface area contributed by atoms with E-state index >= 15 is 0 Å². The molecule has 0 aliphatic heterocycles. The van der Waals surface area contributed by atoms with Gasteiger partial charge in [0.2, 0.25) is 15.9 Å². The van der Waals surface area contributed by atoms with Crippen molar-refractivity contribution in [2.45, 2.75) is 0 Å². The first kappa shape index (κ1) is 23.2. The number of nitrogens with zero attached hydrogens (tertiary/aromatic N) is 1. The first-order chi connectivity index (χ1) is 15.3. The number of benzene rings is 3. The van der Waals surface area contributed by atoms with E-state index in [2.05, 4.69) is 5.32 Å². The van der Waals surface area contributed by atoms with Gasteiger partial charge in [-0.15, -0.1) is 0 Å². The van der Waals surface area contributed by atoms with Gasteiger partial charge in [0.25, 0.3) is 0 Å². The topological polar surface area (TPSA) is 94.2 Å². The number of methoxy groups -OCH3 is 2. The third-order valence-corrected chi connectivity index (χ3v) is 5.90. The van der Waals surface area contributed by atoms with Gasteiger partial charge in [0.05, 0.1) is 32.7 Å². The molecule has 32 heavy (non-hydrogen) atoms. The molecule has 3 aromatic rings. The molecule has 0 spiro atoms. The van der Waals surface area contributed by atoms with Crippen LogP contribution in [-0.2, 0) is 14.8 Å². The Balaban J connectivity index is 1.64. The second-order valence-corrected chi connectivity index (χ2v) is 8.89. The lowest BCUT2D eigenvalue weighted by molar-refractivity contribution is -0.119. The molecule has 0 aliphatic carbocycles. The van der Waals surface area contributed by atoms with Crippen LogP contribution in [0, 0.1) is 0 Å². The first-order valence-corrected chi connectivity index (χ1v) is 11.8. The maximum Gasteiger partial charge on any atom is 0.240 e. The number of rotatable bonds is 10. The number of hydrogen-bond donors (Lipinski definition) is 1. The summed E-state index contributed by atoms with van der Waals surface area (Å²) in [5.74, 6) is 1.000. The summed E-state index contributed by atoms with van der Waals surface area (Å²) >= 11 is 0. The molecular formula is C23H26N2O6S. The van der Waals surface area contributed by atoms with E-state index in [0.717, 1.165) is 27.1 Å². The van der Waals surface area contributed by atoms with Gasteiger partial charge in [0.15, 0.2) is 0 Å². The highest BCUT2D eigenvalue weighted by Gasteiger charge is 2.24. The van der Waals surface area contributed by atoms with Crippen LogP contribution in [0.5, 0.6) is 17.2 Å². The summed E-state index contributed by atoms with van der Waals surface area (Å²) < 4.78 is 42.0.